The van der Waals surface area contributed by atoms with Crippen LogP contribution in [0.4, 0.5) is 10.5 Å². The van der Waals surface area contributed by atoms with Crippen molar-refractivity contribution < 1.29 is 4.79 Å². The Labute approximate surface area is 134 Å². The zero-order chi connectivity index (χ0) is 15.4. The van der Waals surface area contributed by atoms with Crippen molar-refractivity contribution in [1.82, 2.24) is 14.7 Å². The molecule has 6 heteroatoms. The molecule has 1 fully saturated rings. The molecule has 1 aliphatic rings. The summed E-state index contributed by atoms with van der Waals surface area (Å²) in [5.74, 6) is 0.579. The van der Waals surface area contributed by atoms with E-state index in [0.717, 1.165) is 38.2 Å². The van der Waals surface area contributed by atoms with Gasteiger partial charge in [-0.05, 0) is 43.0 Å². The standard InChI is InChI=1S/C16H19ClN4O/c17-14-3-1-4-15(11-14)19-16(22)20-9-5-13(6-10-20)12-21-8-2-7-18-21/h1-4,7-8,11,13H,5-6,9-10,12H2,(H,19,22). The number of piperidine rings is 1. The second-order valence-corrected chi connectivity index (χ2v) is 6.04. The van der Waals surface area contributed by atoms with Crippen LogP contribution in [0, 0.1) is 5.92 Å². The van der Waals surface area contributed by atoms with E-state index in [0.29, 0.717) is 10.9 Å². The minimum absolute atomic E-state index is 0.0557. The number of carbonyl (C=O) groups excluding carboxylic acids is 1. The maximum absolute atomic E-state index is 12.3. The molecular weight excluding hydrogens is 300 g/mol. The van der Waals surface area contributed by atoms with Gasteiger partial charge in [-0.1, -0.05) is 17.7 Å². The summed E-state index contributed by atoms with van der Waals surface area (Å²) in [6.07, 6.45) is 5.79. The number of nitrogens with zero attached hydrogens (tertiary/aromatic N) is 3. The van der Waals surface area contributed by atoms with Gasteiger partial charge >= 0.3 is 6.03 Å². The predicted octanol–water partition coefficient (Wildman–Crippen LogP) is 3.48. The molecule has 0 bridgehead atoms. The lowest BCUT2D eigenvalue weighted by Crippen LogP contribution is -2.41. The number of aromatic nitrogens is 2. The molecule has 0 spiro atoms. The molecule has 116 valence electrons. The van der Waals surface area contributed by atoms with Crippen LogP contribution >= 0.6 is 11.6 Å². The van der Waals surface area contributed by atoms with Gasteiger partial charge in [0.25, 0.3) is 0 Å². The zero-order valence-corrected chi connectivity index (χ0v) is 13.0. The van der Waals surface area contributed by atoms with Crippen LogP contribution in [0.15, 0.2) is 42.7 Å². The maximum atomic E-state index is 12.3. The van der Waals surface area contributed by atoms with Gasteiger partial charge in [-0.3, -0.25) is 4.68 Å². The summed E-state index contributed by atoms with van der Waals surface area (Å²) in [4.78, 5) is 14.1. The molecule has 0 saturated carbocycles. The van der Waals surface area contributed by atoms with Crippen molar-refractivity contribution in [1.29, 1.82) is 0 Å². The summed E-state index contributed by atoms with van der Waals surface area (Å²) in [6.45, 7) is 2.48. The van der Waals surface area contributed by atoms with Crippen LogP contribution < -0.4 is 5.32 Å². The highest BCUT2D eigenvalue weighted by molar-refractivity contribution is 6.30. The first-order chi connectivity index (χ1) is 10.7. The van der Waals surface area contributed by atoms with Gasteiger partial charge in [0.05, 0.1) is 0 Å². The van der Waals surface area contributed by atoms with E-state index in [1.54, 1.807) is 18.3 Å². The molecule has 1 aliphatic heterocycles. The minimum atomic E-state index is -0.0557. The molecule has 0 aliphatic carbocycles. The molecule has 1 aromatic heterocycles. The number of amides is 2. The molecule has 1 aromatic carbocycles. The lowest BCUT2D eigenvalue weighted by Gasteiger charge is -2.32. The molecule has 3 rings (SSSR count). The Balaban J connectivity index is 1.49. The van der Waals surface area contributed by atoms with Gasteiger partial charge in [-0.15, -0.1) is 0 Å². The molecule has 0 atom stereocenters. The molecule has 1 saturated heterocycles. The Morgan fingerprint density at radius 3 is 2.82 bits per heavy atom. The van der Waals surface area contributed by atoms with E-state index >= 15 is 0 Å². The fourth-order valence-corrected chi connectivity index (χ4v) is 2.95. The normalized spacial score (nSPS) is 15.8. The number of benzene rings is 1. The first-order valence-corrected chi connectivity index (χ1v) is 7.87. The molecule has 22 heavy (non-hydrogen) atoms. The molecule has 0 radical (unpaired) electrons. The van der Waals surface area contributed by atoms with E-state index in [-0.39, 0.29) is 6.03 Å². The summed E-state index contributed by atoms with van der Waals surface area (Å²) in [5.41, 5.74) is 0.733. The second kappa shape index (κ2) is 6.83. The van der Waals surface area contributed by atoms with Gasteiger partial charge < -0.3 is 10.2 Å². The largest absolute Gasteiger partial charge is 0.325 e. The van der Waals surface area contributed by atoms with Gasteiger partial charge in [0, 0.05) is 42.7 Å². The van der Waals surface area contributed by atoms with Crippen LogP contribution in [-0.2, 0) is 6.54 Å². The van der Waals surface area contributed by atoms with Crippen molar-refractivity contribution in [3.63, 3.8) is 0 Å². The van der Waals surface area contributed by atoms with E-state index in [1.165, 1.54) is 0 Å². The molecule has 2 heterocycles. The van der Waals surface area contributed by atoms with Crippen molar-refractivity contribution >= 4 is 23.3 Å². The van der Waals surface area contributed by atoms with Crippen molar-refractivity contribution in [2.75, 3.05) is 18.4 Å². The van der Waals surface area contributed by atoms with Crippen LogP contribution in [0.5, 0.6) is 0 Å². The smallest absolute Gasteiger partial charge is 0.321 e. The van der Waals surface area contributed by atoms with Gasteiger partial charge in [0.2, 0.25) is 0 Å². The Morgan fingerprint density at radius 2 is 2.14 bits per heavy atom. The first kappa shape index (κ1) is 14.9. The summed E-state index contributed by atoms with van der Waals surface area (Å²) < 4.78 is 1.96. The van der Waals surface area contributed by atoms with E-state index < -0.39 is 0 Å². The number of hydrogen-bond acceptors (Lipinski definition) is 2. The van der Waals surface area contributed by atoms with Crippen molar-refractivity contribution in [3.8, 4) is 0 Å². The number of halogens is 1. The third kappa shape index (κ3) is 3.80. The van der Waals surface area contributed by atoms with Crippen molar-refractivity contribution in [3.05, 3.63) is 47.7 Å². The average molecular weight is 319 g/mol. The van der Waals surface area contributed by atoms with Gasteiger partial charge in [0.15, 0.2) is 0 Å². The number of anilines is 1. The highest BCUT2D eigenvalue weighted by Gasteiger charge is 2.23. The average Bonchev–Trinajstić information content (AvgIpc) is 3.01. The molecule has 1 N–H and O–H groups in total. The van der Waals surface area contributed by atoms with Crippen LogP contribution in [-0.4, -0.2) is 33.8 Å². The van der Waals surface area contributed by atoms with Crippen LogP contribution in [0.3, 0.4) is 0 Å². The van der Waals surface area contributed by atoms with Crippen LogP contribution in [0.1, 0.15) is 12.8 Å². The SMILES string of the molecule is O=C(Nc1cccc(Cl)c1)N1CCC(Cn2cccn2)CC1. The topological polar surface area (TPSA) is 50.2 Å². The summed E-state index contributed by atoms with van der Waals surface area (Å²) >= 11 is 5.93. The van der Waals surface area contributed by atoms with Crippen molar-refractivity contribution in [2.45, 2.75) is 19.4 Å². The summed E-state index contributed by atoms with van der Waals surface area (Å²) in [5, 5.41) is 7.76. The molecule has 0 unspecified atom stereocenters. The van der Waals surface area contributed by atoms with Crippen molar-refractivity contribution in [2.24, 2.45) is 5.92 Å². The number of likely N-dealkylation sites (tertiary alicyclic amines) is 1. The maximum Gasteiger partial charge on any atom is 0.321 e. The third-order valence-electron chi connectivity index (χ3n) is 3.98. The molecule has 2 amide bonds. The Bertz CT molecular complexity index is 621. The Kier molecular flexibility index (Phi) is 4.63. The zero-order valence-electron chi connectivity index (χ0n) is 12.3. The predicted molar refractivity (Wildman–Crippen MR) is 87.0 cm³/mol. The van der Waals surface area contributed by atoms with Gasteiger partial charge in [-0.25, -0.2) is 4.79 Å². The highest BCUT2D eigenvalue weighted by Crippen LogP contribution is 2.20. The van der Waals surface area contributed by atoms with E-state index in [1.807, 2.05) is 34.0 Å². The summed E-state index contributed by atoms with van der Waals surface area (Å²) in [7, 11) is 0. The number of nitrogens with one attached hydrogen (secondary N) is 1. The van der Waals surface area contributed by atoms with E-state index in [9.17, 15) is 4.79 Å². The van der Waals surface area contributed by atoms with E-state index in [2.05, 4.69) is 10.4 Å². The summed E-state index contributed by atoms with van der Waals surface area (Å²) in [6, 6.07) is 9.10. The number of carbonyl (C=O) groups is 1. The lowest BCUT2D eigenvalue weighted by molar-refractivity contribution is 0.175. The fraction of sp³-hybridized carbons (Fsp3) is 0.375. The second-order valence-electron chi connectivity index (χ2n) is 5.60. The lowest BCUT2D eigenvalue weighted by atomic mass is 9.97. The fourth-order valence-electron chi connectivity index (χ4n) is 2.76. The number of rotatable bonds is 3. The Hall–Kier alpha value is -2.01. The number of urea groups is 1. The third-order valence-corrected chi connectivity index (χ3v) is 4.22. The van der Waals surface area contributed by atoms with Gasteiger partial charge in [-0.2, -0.15) is 5.10 Å². The highest BCUT2D eigenvalue weighted by atomic mass is 35.5. The van der Waals surface area contributed by atoms with Gasteiger partial charge in [0.1, 0.15) is 0 Å². The monoisotopic (exact) mass is 318 g/mol. The van der Waals surface area contributed by atoms with Crippen LogP contribution in [0.2, 0.25) is 5.02 Å². The molecular formula is C16H19ClN4O. The molecule has 2 aromatic rings. The quantitative estimate of drug-likeness (QED) is 0.942. The first-order valence-electron chi connectivity index (χ1n) is 7.49. The minimum Gasteiger partial charge on any atom is -0.325 e. The van der Waals surface area contributed by atoms with E-state index in [4.69, 9.17) is 11.6 Å². The molecule has 5 nitrogen and oxygen atoms in total. The Morgan fingerprint density at radius 1 is 1.32 bits per heavy atom. The van der Waals surface area contributed by atoms with Crippen LogP contribution in [0.25, 0.3) is 0 Å². The number of hydrogen-bond donors (Lipinski definition) is 1.